The van der Waals surface area contributed by atoms with Crippen LogP contribution in [-0.2, 0) is 14.3 Å². The first-order valence-electron chi connectivity index (χ1n) is 5.54. The molecule has 3 aromatic rings. The summed E-state index contributed by atoms with van der Waals surface area (Å²) in [5, 5.41) is -0.186. The van der Waals surface area contributed by atoms with Crippen LogP contribution in [-0.4, -0.2) is 30.1 Å². The number of hydrogen-bond acceptors (Lipinski definition) is 4. The Balaban J connectivity index is 2.15. The molecule has 1 aromatic carbocycles. The molecule has 1 N–H and O–H groups in total. The molecule has 98 valence electrons. The lowest BCUT2D eigenvalue weighted by Crippen LogP contribution is -2.04. The molecule has 19 heavy (non-hydrogen) atoms. The molecule has 0 atom stereocenters. The number of rotatable bonds is 3. The second-order valence-corrected chi connectivity index (χ2v) is 5.58. The topological polar surface area (TPSA) is 77.0 Å². The predicted octanol–water partition coefficient (Wildman–Crippen LogP) is 1.69. The molecule has 6 nitrogen and oxygen atoms in total. The summed E-state index contributed by atoms with van der Waals surface area (Å²) in [6.45, 7) is 0. The van der Waals surface area contributed by atoms with Crippen molar-refractivity contribution in [1.82, 2.24) is 14.5 Å². The molecule has 0 fully saturated rings. The zero-order valence-corrected chi connectivity index (χ0v) is 10.9. The van der Waals surface area contributed by atoms with Crippen molar-refractivity contribution in [3.05, 3.63) is 42.7 Å². The van der Waals surface area contributed by atoms with Gasteiger partial charge in [0.05, 0.1) is 18.1 Å². The highest BCUT2D eigenvalue weighted by Gasteiger charge is 2.18. The quantitative estimate of drug-likeness (QED) is 0.739. The number of benzene rings is 1. The number of imidazole rings is 1. The Hall–Kier alpha value is -2.12. The maximum absolute atomic E-state index is 11.6. The summed E-state index contributed by atoms with van der Waals surface area (Å²) < 4.78 is 29.5. The van der Waals surface area contributed by atoms with E-state index in [9.17, 15) is 8.42 Å². The first-order chi connectivity index (χ1) is 9.10. The highest BCUT2D eigenvalue weighted by molar-refractivity contribution is 7.86. The number of aromatic nitrogens is 3. The smallest absolute Gasteiger partial charge is 0.327 e. The molecule has 2 heterocycles. The molecule has 0 aliphatic rings. The third-order valence-corrected chi connectivity index (χ3v) is 3.91. The molecular weight excluding hydrogens is 266 g/mol. The molecule has 0 aliphatic carbocycles. The third-order valence-electron chi connectivity index (χ3n) is 2.80. The summed E-state index contributed by atoms with van der Waals surface area (Å²) in [5.41, 5.74) is 2.14. The average molecular weight is 277 g/mol. The van der Waals surface area contributed by atoms with E-state index < -0.39 is 10.1 Å². The van der Waals surface area contributed by atoms with E-state index in [4.69, 9.17) is 0 Å². The van der Waals surface area contributed by atoms with Crippen molar-refractivity contribution in [2.24, 2.45) is 0 Å². The zero-order valence-electron chi connectivity index (χ0n) is 10.1. The lowest BCUT2D eigenvalue weighted by molar-refractivity contribution is 0.393. The van der Waals surface area contributed by atoms with Crippen LogP contribution in [0.4, 0.5) is 0 Å². The third kappa shape index (κ3) is 2.02. The van der Waals surface area contributed by atoms with Crippen LogP contribution in [0.3, 0.4) is 0 Å². The number of hydrogen-bond donors (Lipinski definition) is 1. The van der Waals surface area contributed by atoms with Gasteiger partial charge >= 0.3 is 10.1 Å². The van der Waals surface area contributed by atoms with E-state index in [1.165, 1.54) is 0 Å². The minimum Gasteiger partial charge on any atom is -0.327 e. The molecule has 3 rings (SSSR count). The van der Waals surface area contributed by atoms with Crippen molar-refractivity contribution in [2.75, 3.05) is 7.11 Å². The largest absolute Gasteiger partial charge is 0.330 e. The minimum atomic E-state index is -3.80. The van der Waals surface area contributed by atoms with Crippen LogP contribution >= 0.6 is 0 Å². The van der Waals surface area contributed by atoms with E-state index in [0.717, 1.165) is 12.8 Å². The Morgan fingerprint density at radius 1 is 1.26 bits per heavy atom. The number of nitrogens with one attached hydrogen (secondary N) is 1. The summed E-state index contributed by atoms with van der Waals surface area (Å²) in [5.74, 6) is 0. The molecule has 0 bridgehead atoms. The molecule has 2 aromatic heterocycles. The molecule has 0 spiro atoms. The summed E-state index contributed by atoms with van der Waals surface area (Å²) in [7, 11) is -2.70. The van der Waals surface area contributed by atoms with E-state index in [1.807, 2.05) is 41.2 Å². The summed E-state index contributed by atoms with van der Waals surface area (Å²) >= 11 is 0. The number of nitrogens with zero attached hydrogens (tertiary/aromatic N) is 2. The van der Waals surface area contributed by atoms with Crippen molar-refractivity contribution in [3.8, 4) is 5.69 Å². The van der Waals surface area contributed by atoms with E-state index in [0.29, 0.717) is 11.0 Å². The fourth-order valence-corrected chi connectivity index (χ4v) is 2.44. The number of fused-ring (bicyclic) bond motifs is 1. The lowest BCUT2D eigenvalue weighted by Gasteiger charge is -2.01. The molecule has 0 unspecified atom stereocenters. The average Bonchev–Trinajstić information content (AvgIpc) is 3.06. The van der Waals surface area contributed by atoms with Crippen LogP contribution in [0.15, 0.2) is 47.9 Å². The lowest BCUT2D eigenvalue weighted by atomic mass is 10.3. The Kier molecular flexibility index (Phi) is 2.65. The van der Waals surface area contributed by atoms with Gasteiger partial charge in [0.25, 0.3) is 5.16 Å². The molecular formula is C12H11N3O3S. The van der Waals surface area contributed by atoms with Crippen molar-refractivity contribution >= 4 is 21.2 Å². The maximum Gasteiger partial charge on any atom is 0.330 e. The predicted molar refractivity (Wildman–Crippen MR) is 69.6 cm³/mol. The fourth-order valence-electron chi connectivity index (χ4n) is 1.84. The van der Waals surface area contributed by atoms with Gasteiger partial charge in [-0.1, -0.05) is 0 Å². The van der Waals surface area contributed by atoms with Gasteiger partial charge in [0, 0.05) is 18.1 Å². The Morgan fingerprint density at radius 3 is 2.68 bits per heavy atom. The minimum absolute atomic E-state index is 0.186. The van der Waals surface area contributed by atoms with Gasteiger partial charge in [-0.15, -0.1) is 0 Å². The van der Waals surface area contributed by atoms with Gasteiger partial charge < -0.3 is 9.55 Å². The van der Waals surface area contributed by atoms with Crippen LogP contribution in [0, 0.1) is 0 Å². The first-order valence-corrected chi connectivity index (χ1v) is 6.95. The zero-order chi connectivity index (χ0) is 13.5. The van der Waals surface area contributed by atoms with E-state index in [1.54, 1.807) is 6.07 Å². The van der Waals surface area contributed by atoms with Crippen molar-refractivity contribution in [1.29, 1.82) is 0 Å². The maximum atomic E-state index is 11.6. The number of aromatic amines is 1. The van der Waals surface area contributed by atoms with Crippen LogP contribution in [0.25, 0.3) is 16.7 Å². The van der Waals surface area contributed by atoms with Crippen molar-refractivity contribution in [3.63, 3.8) is 0 Å². The molecule has 7 heteroatoms. The highest BCUT2D eigenvalue weighted by atomic mass is 32.2. The standard InChI is InChI=1S/C12H11N3O3S/c1-18-19(16,17)12-13-10-5-4-9(8-11(10)14-12)15-6-2-3-7-15/h2-8H,1H3,(H,13,14). The Labute approximate surface area is 109 Å². The van der Waals surface area contributed by atoms with Crippen LogP contribution in [0.5, 0.6) is 0 Å². The van der Waals surface area contributed by atoms with Gasteiger partial charge in [-0.2, -0.15) is 8.42 Å². The van der Waals surface area contributed by atoms with Crippen LogP contribution in [0.1, 0.15) is 0 Å². The van der Waals surface area contributed by atoms with Gasteiger partial charge in [-0.25, -0.2) is 4.98 Å². The second-order valence-electron chi connectivity index (χ2n) is 3.95. The van der Waals surface area contributed by atoms with E-state index >= 15 is 0 Å². The van der Waals surface area contributed by atoms with Gasteiger partial charge in [-0.05, 0) is 30.3 Å². The Bertz CT molecular complexity index is 819. The molecule has 0 aliphatic heterocycles. The SMILES string of the molecule is COS(=O)(=O)c1nc2ccc(-n3cccc3)cc2[nH]1. The highest BCUT2D eigenvalue weighted by Crippen LogP contribution is 2.19. The molecule has 0 saturated heterocycles. The van der Waals surface area contributed by atoms with Gasteiger partial charge in [0.15, 0.2) is 0 Å². The summed E-state index contributed by atoms with van der Waals surface area (Å²) in [6.07, 6.45) is 3.81. The van der Waals surface area contributed by atoms with Crippen molar-refractivity contribution < 1.29 is 12.6 Å². The Morgan fingerprint density at radius 2 is 2.00 bits per heavy atom. The van der Waals surface area contributed by atoms with Crippen LogP contribution < -0.4 is 0 Å². The van der Waals surface area contributed by atoms with Crippen molar-refractivity contribution in [2.45, 2.75) is 5.16 Å². The van der Waals surface area contributed by atoms with Crippen LogP contribution in [0.2, 0.25) is 0 Å². The summed E-state index contributed by atoms with van der Waals surface area (Å²) in [4.78, 5) is 6.75. The fraction of sp³-hybridized carbons (Fsp3) is 0.0833. The molecule has 0 radical (unpaired) electrons. The van der Waals surface area contributed by atoms with Gasteiger partial charge in [-0.3, -0.25) is 4.18 Å². The summed E-state index contributed by atoms with van der Waals surface area (Å²) in [6, 6.07) is 9.29. The number of H-pyrrole nitrogens is 1. The molecule has 0 amide bonds. The van der Waals surface area contributed by atoms with E-state index in [-0.39, 0.29) is 5.16 Å². The molecule has 0 saturated carbocycles. The monoisotopic (exact) mass is 277 g/mol. The normalized spacial score (nSPS) is 12.1. The first kappa shape index (κ1) is 11.9. The second kappa shape index (κ2) is 4.22. The van der Waals surface area contributed by atoms with Gasteiger partial charge in [0.2, 0.25) is 0 Å². The van der Waals surface area contributed by atoms with E-state index in [2.05, 4.69) is 14.2 Å². The van der Waals surface area contributed by atoms with Gasteiger partial charge in [0.1, 0.15) is 0 Å².